The average molecular weight is 279 g/mol. The van der Waals surface area contributed by atoms with Crippen LogP contribution in [0.1, 0.15) is 27.7 Å². The minimum atomic E-state index is 0.125. The van der Waals surface area contributed by atoms with Crippen LogP contribution in [0.25, 0.3) is 0 Å². The second kappa shape index (κ2) is 8.26. The molecule has 106 valence electrons. The van der Waals surface area contributed by atoms with Crippen LogP contribution in [0.2, 0.25) is 0 Å². The van der Waals surface area contributed by atoms with Crippen molar-refractivity contribution in [3.8, 4) is 0 Å². The summed E-state index contributed by atoms with van der Waals surface area (Å²) in [7, 11) is 0. The first-order valence-electron chi connectivity index (χ1n) is 6.95. The fourth-order valence-corrected chi connectivity index (χ4v) is 2.94. The largest absolute Gasteiger partial charge is 0.355 e. The van der Waals surface area contributed by atoms with Crippen molar-refractivity contribution in [1.29, 1.82) is 0 Å². The van der Waals surface area contributed by atoms with E-state index >= 15 is 0 Å². The van der Waals surface area contributed by atoms with E-state index in [9.17, 15) is 4.79 Å². The Morgan fingerprint density at radius 3 is 2.21 bits per heavy atom. The van der Waals surface area contributed by atoms with Gasteiger partial charge in [0, 0.05) is 11.4 Å². The Balaban J connectivity index is 2.31. The molecule has 19 heavy (non-hydrogen) atoms. The van der Waals surface area contributed by atoms with Gasteiger partial charge in [-0.3, -0.25) is 4.79 Å². The molecular formula is C16H25NOS. The van der Waals surface area contributed by atoms with E-state index in [1.165, 1.54) is 0 Å². The molecule has 0 aliphatic rings. The Kier molecular flexibility index (Phi) is 7.00. The van der Waals surface area contributed by atoms with Crippen LogP contribution in [0, 0.1) is 17.8 Å². The summed E-state index contributed by atoms with van der Waals surface area (Å²) >= 11 is 1.58. The molecule has 1 aromatic rings. The summed E-state index contributed by atoms with van der Waals surface area (Å²) < 4.78 is 0. The molecule has 0 saturated carbocycles. The smallest absolute Gasteiger partial charge is 0.230 e. The highest BCUT2D eigenvalue weighted by Gasteiger charge is 2.18. The van der Waals surface area contributed by atoms with Gasteiger partial charge in [-0.15, -0.1) is 11.8 Å². The Hall–Kier alpha value is -0.960. The number of thioether (sulfide) groups is 1. The molecule has 0 unspecified atom stereocenters. The quantitative estimate of drug-likeness (QED) is 0.769. The molecule has 1 amide bonds. The van der Waals surface area contributed by atoms with Crippen molar-refractivity contribution in [2.24, 2.45) is 17.8 Å². The van der Waals surface area contributed by atoms with Gasteiger partial charge in [0.25, 0.3) is 0 Å². The van der Waals surface area contributed by atoms with Crippen molar-refractivity contribution in [3.63, 3.8) is 0 Å². The summed E-state index contributed by atoms with van der Waals surface area (Å²) in [6, 6.07) is 10.0. The first-order valence-corrected chi connectivity index (χ1v) is 7.93. The summed E-state index contributed by atoms with van der Waals surface area (Å²) in [4.78, 5) is 13.0. The van der Waals surface area contributed by atoms with Gasteiger partial charge >= 0.3 is 0 Å². The Labute approximate surface area is 121 Å². The lowest BCUT2D eigenvalue weighted by Gasteiger charge is -2.25. The zero-order valence-electron chi connectivity index (χ0n) is 12.3. The van der Waals surface area contributed by atoms with E-state index in [0.717, 1.165) is 11.4 Å². The topological polar surface area (TPSA) is 29.1 Å². The number of benzene rings is 1. The van der Waals surface area contributed by atoms with Crippen LogP contribution >= 0.6 is 11.8 Å². The molecule has 0 radical (unpaired) electrons. The van der Waals surface area contributed by atoms with Gasteiger partial charge < -0.3 is 5.32 Å². The molecule has 0 atom stereocenters. The summed E-state index contributed by atoms with van der Waals surface area (Å²) in [5, 5.41) is 3.06. The van der Waals surface area contributed by atoms with E-state index in [1.807, 2.05) is 30.3 Å². The molecule has 1 N–H and O–H groups in total. The zero-order valence-corrected chi connectivity index (χ0v) is 13.2. The fraction of sp³-hybridized carbons (Fsp3) is 0.562. The predicted octanol–water partition coefficient (Wildman–Crippen LogP) is 3.82. The number of carbonyl (C=O) groups excluding carboxylic acids is 1. The Morgan fingerprint density at radius 1 is 1.11 bits per heavy atom. The summed E-state index contributed by atoms with van der Waals surface area (Å²) in [5.41, 5.74) is 0. The number of amides is 1. The minimum absolute atomic E-state index is 0.125. The second-order valence-corrected chi connectivity index (χ2v) is 6.61. The number of hydrogen-bond acceptors (Lipinski definition) is 2. The molecule has 0 fully saturated rings. The molecule has 0 saturated heterocycles. The van der Waals surface area contributed by atoms with Crippen molar-refractivity contribution >= 4 is 17.7 Å². The van der Waals surface area contributed by atoms with E-state index in [4.69, 9.17) is 0 Å². The maximum atomic E-state index is 11.8. The van der Waals surface area contributed by atoms with Gasteiger partial charge in [0.05, 0.1) is 5.75 Å². The number of rotatable bonds is 7. The van der Waals surface area contributed by atoms with Gasteiger partial charge in [-0.05, 0) is 29.9 Å². The highest BCUT2D eigenvalue weighted by atomic mass is 32.2. The first kappa shape index (κ1) is 16.1. The average Bonchev–Trinajstić information content (AvgIpc) is 2.37. The van der Waals surface area contributed by atoms with Gasteiger partial charge in [-0.25, -0.2) is 0 Å². The molecule has 0 aromatic heterocycles. The molecule has 1 rings (SSSR count). The highest BCUT2D eigenvalue weighted by Crippen LogP contribution is 2.20. The van der Waals surface area contributed by atoms with Gasteiger partial charge in [-0.1, -0.05) is 45.9 Å². The standard InChI is InChI=1S/C16H25NOS/c1-12(2)15(13(3)4)10-17-16(18)11-19-14-8-6-5-7-9-14/h5-9,12-13,15H,10-11H2,1-4H3,(H,17,18). The number of hydrogen-bond donors (Lipinski definition) is 1. The second-order valence-electron chi connectivity index (χ2n) is 5.56. The van der Waals surface area contributed by atoms with Crippen LogP contribution in [-0.4, -0.2) is 18.2 Å². The van der Waals surface area contributed by atoms with Crippen molar-refractivity contribution in [2.45, 2.75) is 32.6 Å². The van der Waals surface area contributed by atoms with E-state index in [1.54, 1.807) is 11.8 Å². The molecule has 0 aliphatic carbocycles. The third-order valence-electron chi connectivity index (χ3n) is 3.36. The molecule has 0 bridgehead atoms. The van der Waals surface area contributed by atoms with Gasteiger partial charge in [0.2, 0.25) is 5.91 Å². The number of carbonyl (C=O) groups is 1. The molecule has 1 aromatic carbocycles. The van der Waals surface area contributed by atoms with Crippen LogP contribution < -0.4 is 5.32 Å². The third-order valence-corrected chi connectivity index (χ3v) is 4.37. The van der Waals surface area contributed by atoms with Gasteiger partial charge in [-0.2, -0.15) is 0 Å². The molecule has 0 heterocycles. The van der Waals surface area contributed by atoms with Crippen LogP contribution in [0.4, 0.5) is 0 Å². The molecule has 2 nitrogen and oxygen atoms in total. The Bertz CT molecular complexity index is 368. The SMILES string of the molecule is CC(C)C(CNC(=O)CSc1ccccc1)C(C)C. The van der Waals surface area contributed by atoms with Gasteiger partial charge in [0.1, 0.15) is 0 Å². The summed E-state index contributed by atoms with van der Waals surface area (Å²) in [5.74, 6) is 2.36. The minimum Gasteiger partial charge on any atom is -0.355 e. The van der Waals surface area contributed by atoms with Crippen LogP contribution in [0.15, 0.2) is 35.2 Å². The van der Waals surface area contributed by atoms with Crippen molar-refractivity contribution in [1.82, 2.24) is 5.32 Å². The first-order chi connectivity index (χ1) is 9.00. The molecule has 3 heteroatoms. The molecule has 0 aliphatic heterocycles. The lowest BCUT2D eigenvalue weighted by molar-refractivity contribution is -0.118. The van der Waals surface area contributed by atoms with Crippen molar-refractivity contribution < 1.29 is 4.79 Å². The normalized spacial score (nSPS) is 11.3. The summed E-state index contributed by atoms with van der Waals surface area (Å²) in [6.45, 7) is 9.65. The maximum absolute atomic E-state index is 11.8. The monoisotopic (exact) mass is 279 g/mol. The predicted molar refractivity (Wildman–Crippen MR) is 83.3 cm³/mol. The highest BCUT2D eigenvalue weighted by molar-refractivity contribution is 8.00. The Morgan fingerprint density at radius 2 is 1.68 bits per heavy atom. The molecular weight excluding hydrogens is 254 g/mol. The zero-order chi connectivity index (χ0) is 14.3. The lowest BCUT2D eigenvalue weighted by atomic mass is 9.85. The van der Waals surface area contributed by atoms with E-state index in [2.05, 4.69) is 33.0 Å². The van der Waals surface area contributed by atoms with Crippen molar-refractivity contribution in [2.75, 3.05) is 12.3 Å². The van der Waals surface area contributed by atoms with Crippen LogP contribution in [0.3, 0.4) is 0 Å². The van der Waals surface area contributed by atoms with E-state index in [0.29, 0.717) is 23.5 Å². The third kappa shape index (κ3) is 6.15. The lowest BCUT2D eigenvalue weighted by Crippen LogP contribution is -2.34. The van der Waals surface area contributed by atoms with Crippen LogP contribution in [-0.2, 0) is 4.79 Å². The van der Waals surface area contributed by atoms with Crippen LogP contribution in [0.5, 0.6) is 0 Å². The maximum Gasteiger partial charge on any atom is 0.230 e. The molecule has 0 spiro atoms. The van der Waals surface area contributed by atoms with Gasteiger partial charge in [0.15, 0.2) is 0 Å². The van der Waals surface area contributed by atoms with E-state index in [-0.39, 0.29) is 5.91 Å². The summed E-state index contributed by atoms with van der Waals surface area (Å²) in [6.07, 6.45) is 0. The number of nitrogens with one attached hydrogen (secondary N) is 1. The van der Waals surface area contributed by atoms with E-state index < -0.39 is 0 Å². The van der Waals surface area contributed by atoms with Crippen molar-refractivity contribution in [3.05, 3.63) is 30.3 Å². The fourth-order valence-electron chi connectivity index (χ4n) is 2.19.